The highest BCUT2D eigenvalue weighted by molar-refractivity contribution is 6.05. The average molecular weight is 302 g/mol. The van der Waals surface area contributed by atoms with E-state index in [1.807, 2.05) is 18.2 Å². The maximum absolute atomic E-state index is 12.4. The molecule has 1 unspecified atom stereocenters. The summed E-state index contributed by atoms with van der Waals surface area (Å²) in [4.78, 5) is 14.8. The standard InChI is InChI=1S/C17H26N4O/c1-4-21(5-2)11-7-8-13(3)19-17(22)15-10-6-9-14-12-18-20-16(14)15/h6,9-10,12-13H,4-5,7-8,11H2,1-3H3,(H,18,20)(H,19,22). The average Bonchev–Trinajstić information content (AvgIpc) is 2.99. The SMILES string of the molecule is CCN(CC)CCCC(C)NC(=O)c1cccc2cn[nH]c12. The number of hydrogen-bond acceptors (Lipinski definition) is 3. The fourth-order valence-corrected chi connectivity index (χ4v) is 2.69. The molecule has 1 amide bonds. The van der Waals surface area contributed by atoms with Crippen LogP contribution < -0.4 is 5.32 Å². The first kappa shape index (κ1) is 16.5. The number of nitrogens with zero attached hydrogens (tertiary/aromatic N) is 2. The summed E-state index contributed by atoms with van der Waals surface area (Å²) in [6.07, 6.45) is 3.82. The second-order valence-corrected chi connectivity index (χ2v) is 5.68. The lowest BCUT2D eigenvalue weighted by Gasteiger charge is -2.19. The van der Waals surface area contributed by atoms with Crippen LogP contribution in [0.1, 0.15) is 44.0 Å². The molecule has 0 aliphatic carbocycles. The zero-order valence-corrected chi connectivity index (χ0v) is 13.7. The molecule has 0 fully saturated rings. The number of benzene rings is 1. The van der Waals surface area contributed by atoms with Gasteiger partial charge in [0.1, 0.15) is 0 Å². The van der Waals surface area contributed by atoms with Crippen molar-refractivity contribution in [3.05, 3.63) is 30.0 Å². The zero-order chi connectivity index (χ0) is 15.9. The molecule has 0 radical (unpaired) electrons. The van der Waals surface area contributed by atoms with E-state index in [2.05, 4.69) is 41.2 Å². The molecule has 0 spiro atoms. The highest BCUT2D eigenvalue weighted by Gasteiger charge is 2.13. The lowest BCUT2D eigenvalue weighted by molar-refractivity contribution is 0.0938. The summed E-state index contributed by atoms with van der Waals surface area (Å²) >= 11 is 0. The van der Waals surface area contributed by atoms with Crippen molar-refractivity contribution in [3.63, 3.8) is 0 Å². The van der Waals surface area contributed by atoms with Crippen LogP contribution in [0, 0.1) is 0 Å². The number of aromatic nitrogens is 2. The van der Waals surface area contributed by atoms with Crippen molar-refractivity contribution in [2.24, 2.45) is 0 Å². The number of amides is 1. The van der Waals surface area contributed by atoms with Gasteiger partial charge in [-0.25, -0.2) is 0 Å². The Bertz CT molecular complexity index is 603. The second kappa shape index (κ2) is 7.94. The molecular formula is C17H26N4O. The Morgan fingerprint density at radius 2 is 2.14 bits per heavy atom. The van der Waals surface area contributed by atoms with Gasteiger partial charge in [-0.1, -0.05) is 26.0 Å². The molecule has 1 heterocycles. The Hall–Kier alpha value is -1.88. The largest absolute Gasteiger partial charge is 0.350 e. The molecule has 2 N–H and O–H groups in total. The Morgan fingerprint density at radius 1 is 1.36 bits per heavy atom. The van der Waals surface area contributed by atoms with Crippen molar-refractivity contribution < 1.29 is 4.79 Å². The first-order valence-electron chi connectivity index (χ1n) is 8.11. The van der Waals surface area contributed by atoms with E-state index in [4.69, 9.17) is 0 Å². The predicted molar refractivity (Wildman–Crippen MR) is 90.0 cm³/mol. The molecule has 0 saturated heterocycles. The minimum Gasteiger partial charge on any atom is -0.350 e. The number of rotatable bonds is 8. The third-order valence-electron chi connectivity index (χ3n) is 4.10. The number of fused-ring (bicyclic) bond motifs is 1. The van der Waals surface area contributed by atoms with Gasteiger partial charge in [0.15, 0.2) is 0 Å². The number of carbonyl (C=O) groups excluding carboxylic acids is 1. The Balaban J connectivity index is 1.87. The summed E-state index contributed by atoms with van der Waals surface area (Å²) in [6, 6.07) is 5.83. The Morgan fingerprint density at radius 3 is 2.86 bits per heavy atom. The maximum atomic E-state index is 12.4. The van der Waals surface area contributed by atoms with Crippen LogP contribution >= 0.6 is 0 Å². The number of H-pyrrole nitrogens is 1. The van der Waals surface area contributed by atoms with E-state index in [0.717, 1.165) is 43.4 Å². The van der Waals surface area contributed by atoms with Crippen molar-refractivity contribution in [2.45, 2.75) is 39.7 Å². The van der Waals surface area contributed by atoms with Gasteiger partial charge in [0, 0.05) is 11.4 Å². The number of hydrogen-bond donors (Lipinski definition) is 2. The summed E-state index contributed by atoms with van der Waals surface area (Å²) in [5.41, 5.74) is 1.46. The van der Waals surface area contributed by atoms with Crippen molar-refractivity contribution in [1.82, 2.24) is 20.4 Å². The number of nitrogens with one attached hydrogen (secondary N) is 2. The lowest BCUT2D eigenvalue weighted by Crippen LogP contribution is -2.33. The van der Waals surface area contributed by atoms with Crippen LogP contribution in [0.15, 0.2) is 24.4 Å². The Labute approximate surface area is 132 Å². The van der Waals surface area contributed by atoms with E-state index >= 15 is 0 Å². The second-order valence-electron chi connectivity index (χ2n) is 5.68. The third kappa shape index (κ3) is 4.07. The monoisotopic (exact) mass is 302 g/mol. The molecule has 2 aromatic rings. The van der Waals surface area contributed by atoms with Crippen molar-refractivity contribution >= 4 is 16.8 Å². The molecule has 0 bridgehead atoms. The van der Waals surface area contributed by atoms with Crippen LogP contribution in [0.4, 0.5) is 0 Å². The third-order valence-corrected chi connectivity index (χ3v) is 4.10. The minimum absolute atomic E-state index is 0.0369. The van der Waals surface area contributed by atoms with E-state index < -0.39 is 0 Å². The van der Waals surface area contributed by atoms with Gasteiger partial charge < -0.3 is 10.2 Å². The fourth-order valence-electron chi connectivity index (χ4n) is 2.69. The molecule has 0 aliphatic heterocycles. The van der Waals surface area contributed by atoms with Gasteiger partial charge >= 0.3 is 0 Å². The molecule has 1 aromatic heterocycles. The molecule has 120 valence electrons. The van der Waals surface area contributed by atoms with E-state index in [1.165, 1.54) is 0 Å². The van der Waals surface area contributed by atoms with E-state index in [-0.39, 0.29) is 11.9 Å². The topological polar surface area (TPSA) is 61.0 Å². The molecule has 5 nitrogen and oxygen atoms in total. The molecule has 5 heteroatoms. The molecular weight excluding hydrogens is 276 g/mol. The minimum atomic E-state index is -0.0369. The number of carbonyl (C=O) groups is 1. The molecule has 1 aromatic carbocycles. The van der Waals surface area contributed by atoms with E-state index in [0.29, 0.717) is 5.56 Å². The summed E-state index contributed by atoms with van der Waals surface area (Å²) in [5, 5.41) is 10.9. The summed E-state index contributed by atoms with van der Waals surface area (Å²) in [7, 11) is 0. The predicted octanol–water partition coefficient (Wildman–Crippen LogP) is 2.80. The first-order chi connectivity index (χ1) is 10.7. The van der Waals surface area contributed by atoms with Crippen LogP contribution in [0.3, 0.4) is 0 Å². The smallest absolute Gasteiger partial charge is 0.253 e. The summed E-state index contributed by atoms with van der Waals surface area (Å²) in [5.74, 6) is -0.0369. The number of para-hydroxylation sites is 1. The van der Waals surface area contributed by atoms with E-state index in [9.17, 15) is 4.79 Å². The van der Waals surface area contributed by atoms with Gasteiger partial charge in [-0.15, -0.1) is 0 Å². The molecule has 0 aliphatic rings. The molecule has 2 rings (SSSR count). The van der Waals surface area contributed by atoms with Crippen LogP contribution in [-0.2, 0) is 0 Å². The van der Waals surface area contributed by atoms with Gasteiger partial charge in [-0.05, 0) is 45.5 Å². The quantitative estimate of drug-likeness (QED) is 0.788. The van der Waals surface area contributed by atoms with Crippen LogP contribution in [0.5, 0.6) is 0 Å². The molecule has 0 saturated carbocycles. The highest BCUT2D eigenvalue weighted by Crippen LogP contribution is 2.15. The van der Waals surface area contributed by atoms with E-state index in [1.54, 1.807) is 6.20 Å². The van der Waals surface area contributed by atoms with Gasteiger partial charge in [0.05, 0.1) is 17.3 Å². The van der Waals surface area contributed by atoms with Crippen LogP contribution in [0.25, 0.3) is 10.9 Å². The maximum Gasteiger partial charge on any atom is 0.253 e. The lowest BCUT2D eigenvalue weighted by atomic mass is 10.1. The van der Waals surface area contributed by atoms with Gasteiger partial charge in [0.2, 0.25) is 0 Å². The number of aromatic amines is 1. The van der Waals surface area contributed by atoms with Gasteiger partial charge in [-0.2, -0.15) is 5.10 Å². The zero-order valence-electron chi connectivity index (χ0n) is 13.7. The molecule has 1 atom stereocenters. The summed E-state index contributed by atoms with van der Waals surface area (Å²) < 4.78 is 0. The highest BCUT2D eigenvalue weighted by atomic mass is 16.1. The normalized spacial score (nSPS) is 12.7. The van der Waals surface area contributed by atoms with Gasteiger partial charge in [-0.3, -0.25) is 9.89 Å². The van der Waals surface area contributed by atoms with Crippen molar-refractivity contribution in [2.75, 3.05) is 19.6 Å². The van der Waals surface area contributed by atoms with Crippen LogP contribution in [-0.4, -0.2) is 46.7 Å². The fraction of sp³-hybridized carbons (Fsp3) is 0.529. The van der Waals surface area contributed by atoms with Crippen molar-refractivity contribution in [3.8, 4) is 0 Å². The first-order valence-corrected chi connectivity index (χ1v) is 8.11. The Kier molecular flexibility index (Phi) is 5.95. The van der Waals surface area contributed by atoms with Crippen LogP contribution in [0.2, 0.25) is 0 Å². The molecule has 22 heavy (non-hydrogen) atoms. The van der Waals surface area contributed by atoms with Gasteiger partial charge in [0.25, 0.3) is 5.91 Å². The van der Waals surface area contributed by atoms with Crippen molar-refractivity contribution in [1.29, 1.82) is 0 Å². The summed E-state index contributed by atoms with van der Waals surface area (Å²) in [6.45, 7) is 9.67.